The maximum absolute atomic E-state index is 12.6. The van der Waals surface area contributed by atoms with E-state index in [-0.39, 0.29) is 6.54 Å². The maximum atomic E-state index is 12.6. The van der Waals surface area contributed by atoms with Crippen molar-refractivity contribution in [3.8, 4) is 11.8 Å². The summed E-state index contributed by atoms with van der Waals surface area (Å²) in [5.74, 6) is 3.72. The Hall–Kier alpha value is -3.15. The number of nitrogens with one attached hydrogen (secondary N) is 1. The fourth-order valence-corrected chi connectivity index (χ4v) is 1.92. The van der Waals surface area contributed by atoms with Crippen LogP contribution in [0.3, 0.4) is 0 Å². The van der Waals surface area contributed by atoms with Gasteiger partial charge >= 0.3 is 12.1 Å². The van der Waals surface area contributed by atoms with Gasteiger partial charge in [0.15, 0.2) is 0 Å². The molecule has 1 unspecified atom stereocenters. The van der Waals surface area contributed by atoms with Crippen molar-refractivity contribution in [2.75, 3.05) is 6.54 Å². The summed E-state index contributed by atoms with van der Waals surface area (Å²) >= 11 is 0. The minimum Gasteiger partial charge on any atom is -0.480 e. The van der Waals surface area contributed by atoms with E-state index in [1.807, 2.05) is 0 Å². The molecule has 146 valence electrons. The lowest BCUT2D eigenvalue weighted by Crippen LogP contribution is -2.52. The normalized spacial score (nSPS) is 12.8. The van der Waals surface area contributed by atoms with E-state index in [1.165, 1.54) is 32.6 Å². The Balaban J connectivity index is 2.86. The highest BCUT2D eigenvalue weighted by atomic mass is 16.6. The van der Waals surface area contributed by atoms with Crippen LogP contribution in [0.4, 0.5) is 4.79 Å². The first-order valence-corrected chi connectivity index (χ1v) is 8.28. The average Bonchev–Trinajstić information content (AvgIpc) is 2.56. The van der Waals surface area contributed by atoms with E-state index in [4.69, 9.17) is 4.74 Å². The van der Waals surface area contributed by atoms with Crippen LogP contribution in [0.15, 0.2) is 18.7 Å². The molecule has 0 saturated carbocycles. The smallest absolute Gasteiger partial charge is 0.408 e. The van der Waals surface area contributed by atoms with Crippen molar-refractivity contribution in [2.24, 2.45) is 0 Å². The van der Waals surface area contributed by atoms with E-state index in [9.17, 15) is 19.5 Å². The lowest BCUT2D eigenvalue weighted by molar-refractivity contribution is -0.149. The van der Waals surface area contributed by atoms with Crippen LogP contribution in [0.2, 0.25) is 0 Å². The number of carboxylic acid groups (broad SMARTS) is 1. The van der Waals surface area contributed by atoms with E-state index in [0.717, 1.165) is 4.90 Å². The minimum absolute atomic E-state index is 0.137. The minimum atomic E-state index is -1.18. The molecule has 1 rings (SSSR count). The third-order valence-electron chi connectivity index (χ3n) is 3.25. The molecule has 0 aromatic carbocycles. The number of hydrogen-bond acceptors (Lipinski definition) is 6. The number of ether oxygens (including phenoxy) is 1. The number of aliphatic carboxylic acids is 1. The molecule has 0 aliphatic heterocycles. The number of amides is 2. The molecule has 0 bridgehead atoms. The number of carbonyl (C=O) groups is 3. The Bertz CT molecular complexity index is 734. The summed E-state index contributed by atoms with van der Waals surface area (Å²) in [6, 6.07) is -2.11. The summed E-state index contributed by atoms with van der Waals surface area (Å²) < 4.78 is 5.11. The van der Waals surface area contributed by atoms with Gasteiger partial charge in [-0.05, 0) is 34.6 Å². The zero-order chi connectivity index (χ0) is 20.6. The Labute approximate surface area is 158 Å². The molecule has 0 aliphatic rings. The van der Waals surface area contributed by atoms with Crippen molar-refractivity contribution >= 4 is 18.0 Å². The highest BCUT2D eigenvalue weighted by Gasteiger charge is 2.30. The largest absolute Gasteiger partial charge is 0.480 e. The van der Waals surface area contributed by atoms with Crippen molar-refractivity contribution < 1.29 is 24.2 Å². The molecule has 2 atom stereocenters. The van der Waals surface area contributed by atoms with Gasteiger partial charge in [-0.25, -0.2) is 19.6 Å². The van der Waals surface area contributed by atoms with Crippen molar-refractivity contribution in [3.63, 3.8) is 0 Å². The topological polar surface area (TPSA) is 122 Å². The molecule has 0 fully saturated rings. The summed E-state index contributed by atoms with van der Waals surface area (Å²) in [7, 11) is 0. The lowest BCUT2D eigenvalue weighted by Gasteiger charge is -2.28. The molecule has 2 N–H and O–H groups in total. The number of carbonyl (C=O) groups excluding carboxylic acids is 2. The van der Waals surface area contributed by atoms with E-state index >= 15 is 0 Å². The van der Waals surface area contributed by atoms with Crippen LogP contribution in [-0.2, 0) is 14.3 Å². The number of aromatic nitrogens is 2. The molecule has 1 aromatic heterocycles. The SMILES string of the molecule is CC(C(=O)O)N(CC#Cc1cncnc1)C(=O)[C@@H](C)NC(=O)OC(C)(C)C. The zero-order valence-corrected chi connectivity index (χ0v) is 16.0. The first-order valence-electron chi connectivity index (χ1n) is 8.28. The fourth-order valence-electron chi connectivity index (χ4n) is 1.92. The van der Waals surface area contributed by atoms with Gasteiger partial charge < -0.3 is 20.1 Å². The van der Waals surface area contributed by atoms with E-state index in [2.05, 4.69) is 27.1 Å². The van der Waals surface area contributed by atoms with Crippen LogP contribution >= 0.6 is 0 Å². The zero-order valence-electron chi connectivity index (χ0n) is 16.0. The van der Waals surface area contributed by atoms with Crippen LogP contribution in [0.25, 0.3) is 0 Å². The quantitative estimate of drug-likeness (QED) is 0.736. The Morgan fingerprint density at radius 3 is 2.37 bits per heavy atom. The predicted octanol–water partition coefficient (Wildman–Crippen LogP) is 1.04. The molecule has 9 heteroatoms. The Morgan fingerprint density at radius 1 is 1.26 bits per heavy atom. The second-order valence-corrected chi connectivity index (χ2v) is 6.78. The van der Waals surface area contributed by atoms with Gasteiger partial charge in [-0.15, -0.1) is 0 Å². The van der Waals surface area contributed by atoms with Crippen molar-refractivity contribution in [1.29, 1.82) is 0 Å². The molecule has 2 amide bonds. The summed E-state index contributed by atoms with van der Waals surface area (Å²) in [5.41, 5.74) is -0.183. The molecule has 0 spiro atoms. The van der Waals surface area contributed by atoms with Crippen LogP contribution < -0.4 is 5.32 Å². The standard InChI is InChI=1S/C18H24N4O5/c1-12(21-17(26)27-18(3,4)5)15(23)22(13(2)16(24)25)8-6-7-14-9-19-11-20-10-14/h9-13H,8H2,1-5H3,(H,21,26)(H,24,25)/t12-,13?/m1/s1. The molecule has 0 radical (unpaired) electrons. The highest BCUT2D eigenvalue weighted by molar-refractivity contribution is 5.89. The molecule has 0 saturated heterocycles. The van der Waals surface area contributed by atoms with Gasteiger partial charge in [-0.3, -0.25) is 4.79 Å². The molecular weight excluding hydrogens is 352 g/mol. The summed E-state index contributed by atoms with van der Waals surface area (Å²) in [5, 5.41) is 11.7. The van der Waals surface area contributed by atoms with Crippen LogP contribution in [0, 0.1) is 11.8 Å². The van der Waals surface area contributed by atoms with E-state index in [1.54, 1.807) is 20.8 Å². The second-order valence-electron chi connectivity index (χ2n) is 6.78. The number of hydrogen-bond donors (Lipinski definition) is 2. The number of alkyl carbamates (subject to hydrolysis) is 1. The van der Waals surface area contributed by atoms with Crippen molar-refractivity contribution in [1.82, 2.24) is 20.2 Å². The highest BCUT2D eigenvalue weighted by Crippen LogP contribution is 2.08. The average molecular weight is 376 g/mol. The van der Waals surface area contributed by atoms with Gasteiger partial charge in [-0.1, -0.05) is 11.8 Å². The van der Waals surface area contributed by atoms with Gasteiger partial charge in [0.1, 0.15) is 24.0 Å². The molecule has 0 aliphatic carbocycles. The predicted molar refractivity (Wildman–Crippen MR) is 96.6 cm³/mol. The first-order chi connectivity index (χ1) is 12.5. The Kier molecular flexibility index (Phi) is 7.72. The number of carboxylic acids is 1. The molecule has 1 heterocycles. The molecular formula is C18H24N4O5. The van der Waals surface area contributed by atoms with Gasteiger partial charge in [0.2, 0.25) is 5.91 Å². The van der Waals surface area contributed by atoms with Crippen LogP contribution in [0.5, 0.6) is 0 Å². The fraction of sp³-hybridized carbons (Fsp3) is 0.500. The molecule has 1 aromatic rings. The van der Waals surface area contributed by atoms with Gasteiger partial charge in [0.25, 0.3) is 0 Å². The lowest BCUT2D eigenvalue weighted by atomic mass is 10.2. The van der Waals surface area contributed by atoms with Gasteiger partial charge in [0, 0.05) is 12.4 Å². The third-order valence-corrected chi connectivity index (χ3v) is 3.25. The van der Waals surface area contributed by atoms with Crippen molar-refractivity contribution in [3.05, 3.63) is 24.3 Å². The van der Waals surface area contributed by atoms with Crippen LogP contribution in [0.1, 0.15) is 40.2 Å². The second kappa shape index (κ2) is 9.52. The number of rotatable bonds is 5. The van der Waals surface area contributed by atoms with Crippen LogP contribution in [-0.4, -0.2) is 62.2 Å². The summed E-state index contributed by atoms with van der Waals surface area (Å²) in [6.45, 7) is 7.77. The van der Waals surface area contributed by atoms with Crippen molar-refractivity contribution in [2.45, 2.75) is 52.3 Å². The van der Waals surface area contributed by atoms with E-state index in [0.29, 0.717) is 5.56 Å². The molecule has 9 nitrogen and oxygen atoms in total. The molecule has 27 heavy (non-hydrogen) atoms. The third kappa shape index (κ3) is 7.73. The van der Waals surface area contributed by atoms with Gasteiger partial charge in [-0.2, -0.15) is 0 Å². The first kappa shape index (κ1) is 21.9. The summed E-state index contributed by atoms with van der Waals surface area (Å²) in [4.78, 5) is 44.5. The maximum Gasteiger partial charge on any atom is 0.408 e. The Morgan fingerprint density at radius 2 is 1.85 bits per heavy atom. The number of nitrogens with zero attached hydrogens (tertiary/aromatic N) is 3. The van der Waals surface area contributed by atoms with Gasteiger partial charge in [0.05, 0.1) is 12.1 Å². The van der Waals surface area contributed by atoms with E-state index < -0.39 is 35.7 Å². The monoisotopic (exact) mass is 376 g/mol. The summed E-state index contributed by atoms with van der Waals surface area (Å²) in [6.07, 6.45) is 3.59.